The monoisotopic (exact) mass is 308 g/mol. The molecular weight excluding hydrogens is 280 g/mol. The van der Waals surface area contributed by atoms with Gasteiger partial charge in [0, 0.05) is 19.0 Å². The van der Waals surface area contributed by atoms with Crippen LogP contribution in [0.5, 0.6) is 0 Å². The van der Waals surface area contributed by atoms with Crippen molar-refractivity contribution in [1.29, 1.82) is 0 Å². The number of hydrogen-bond acceptors (Lipinski definition) is 4. The van der Waals surface area contributed by atoms with Crippen LogP contribution < -0.4 is 10.6 Å². The van der Waals surface area contributed by atoms with Gasteiger partial charge in [0.2, 0.25) is 0 Å². The van der Waals surface area contributed by atoms with E-state index in [0.717, 1.165) is 38.0 Å². The Morgan fingerprint density at radius 2 is 2.18 bits per heavy atom. The molecule has 0 aliphatic heterocycles. The maximum absolute atomic E-state index is 12.0. The normalized spacial score (nSPS) is 18.4. The molecular formula is C17H28N2O3. The molecule has 1 aromatic heterocycles. The zero-order chi connectivity index (χ0) is 16.2. The van der Waals surface area contributed by atoms with Crippen molar-refractivity contribution in [2.75, 3.05) is 6.54 Å². The topological polar surface area (TPSA) is 63.5 Å². The van der Waals surface area contributed by atoms with Crippen LogP contribution in [0.3, 0.4) is 0 Å². The van der Waals surface area contributed by atoms with E-state index in [1.165, 1.54) is 0 Å². The summed E-state index contributed by atoms with van der Waals surface area (Å²) in [7, 11) is 0. The molecule has 1 atom stereocenters. The third kappa shape index (κ3) is 5.05. The summed E-state index contributed by atoms with van der Waals surface area (Å²) in [6.45, 7) is 8.52. The van der Waals surface area contributed by atoms with Gasteiger partial charge in [-0.3, -0.25) is 0 Å². The van der Waals surface area contributed by atoms with Crippen molar-refractivity contribution in [1.82, 2.24) is 10.6 Å². The molecule has 1 fully saturated rings. The molecule has 124 valence electrons. The van der Waals surface area contributed by atoms with E-state index in [2.05, 4.69) is 17.6 Å². The first-order valence-electron chi connectivity index (χ1n) is 8.05. The number of amides is 1. The van der Waals surface area contributed by atoms with Crippen LogP contribution in [0.4, 0.5) is 4.79 Å². The lowest BCUT2D eigenvalue weighted by Gasteiger charge is -2.43. The second kappa shape index (κ2) is 6.73. The van der Waals surface area contributed by atoms with Crippen molar-refractivity contribution < 1.29 is 13.9 Å². The summed E-state index contributed by atoms with van der Waals surface area (Å²) < 4.78 is 10.7. The number of furan rings is 1. The highest BCUT2D eigenvalue weighted by atomic mass is 16.6. The molecule has 0 spiro atoms. The molecule has 5 nitrogen and oxygen atoms in total. The quantitative estimate of drug-likeness (QED) is 0.847. The number of ether oxygens (including phenoxy) is 1. The number of rotatable bonds is 6. The molecule has 1 heterocycles. The molecule has 1 amide bonds. The first-order chi connectivity index (χ1) is 10.3. The van der Waals surface area contributed by atoms with Gasteiger partial charge in [-0.15, -0.1) is 0 Å². The molecule has 1 aromatic rings. The summed E-state index contributed by atoms with van der Waals surface area (Å²) >= 11 is 0. The van der Waals surface area contributed by atoms with Gasteiger partial charge in [0.15, 0.2) is 0 Å². The first kappa shape index (κ1) is 16.9. The van der Waals surface area contributed by atoms with Crippen LogP contribution in [0.2, 0.25) is 0 Å². The fraction of sp³-hybridized carbons (Fsp3) is 0.706. The zero-order valence-corrected chi connectivity index (χ0v) is 14.1. The smallest absolute Gasteiger partial charge is 0.408 e. The van der Waals surface area contributed by atoms with E-state index in [-0.39, 0.29) is 11.6 Å². The minimum atomic E-state index is -0.463. The summed E-state index contributed by atoms with van der Waals surface area (Å²) in [5.41, 5.74) is -0.630. The average molecular weight is 308 g/mol. The van der Waals surface area contributed by atoms with E-state index in [9.17, 15) is 4.79 Å². The van der Waals surface area contributed by atoms with Gasteiger partial charge in [0.25, 0.3) is 0 Å². The van der Waals surface area contributed by atoms with E-state index < -0.39 is 5.60 Å². The van der Waals surface area contributed by atoms with Gasteiger partial charge in [-0.25, -0.2) is 4.79 Å². The first-order valence-corrected chi connectivity index (χ1v) is 8.05. The number of nitrogens with one attached hydrogen (secondary N) is 2. The average Bonchev–Trinajstić information content (AvgIpc) is 2.82. The molecule has 1 unspecified atom stereocenters. The molecule has 1 saturated carbocycles. The summed E-state index contributed by atoms with van der Waals surface area (Å²) in [6.07, 6.45) is 5.34. The molecule has 22 heavy (non-hydrogen) atoms. The zero-order valence-electron chi connectivity index (χ0n) is 14.1. The van der Waals surface area contributed by atoms with Crippen molar-refractivity contribution in [2.24, 2.45) is 0 Å². The Balaban J connectivity index is 1.79. The Kier molecular flexibility index (Phi) is 5.16. The Hall–Kier alpha value is -1.49. The van der Waals surface area contributed by atoms with E-state index in [0.29, 0.717) is 6.04 Å². The number of carbonyl (C=O) groups is 1. The predicted octanol–water partition coefficient (Wildman–Crippen LogP) is 3.25. The largest absolute Gasteiger partial charge is 0.469 e. The summed E-state index contributed by atoms with van der Waals surface area (Å²) in [6, 6.07) is 4.18. The van der Waals surface area contributed by atoms with Gasteiger partial charge in [0.05, 0.1) is 11.8 Å². The van der Waals surface area contributed by atoms with Gasteiger partial charge in [-0.05, 0) is 59.1 Å². The Morgan fingerprint density at radius 3 is 2.68 bits per heavy atom. The predicted molar refractivity (Wildman–Crippen MR) is 85.8 cm³/mol. The standard InChI is InChI=1S/C17H28N2O3/c1-13(11-14-7-5-10-21-14)18-12-17(8-6-9-17)19-15(20)22-16(2,3)4/h5,7,10,13,18H,6,8-9,11-12H2,1-4H3,(H,19,20). The van der Waals surface area contributed by atoms with Gasteiger partial charge in [-0.1, -0.05) is 0 Å². The lowest BCUT2D eigenvalue weighted by atomic mass is 9.76. The van der Waals surface area contributed by atoms with E-state index in [1.807, 2.05) is 32.9 Å². The fourth-order valence-electron chi connectivity index (χ4n) is 2.64. The summed E-state index contributed by atoms with van der Waals surface area (Å²) in [5.74, 6) is 0.975. The third-order valence-electron chi connectivity index (χ3n) is 3.95. The molecule has 0 bridgehead atoms. The van der Waals surface area contributed by atoms with Crippen LogP contribution in [0.1, 0.15) is 52.7 Å². The van der Waals surface area contributed by atoms with E-state index >= 15 is 0 Å². The van der Waals surface area contributed by atoms with E-state index in [1.54, 1.807) is 6.26 Å². The molecule has 1 aliphatic rings. The third-order valence-corrected chi connectivity index (χ3v) is 3.95. The second-order valence-corrected chi connectivity index (χ2v) is 7.33. The molecule has 2 N–H and O–H groups in total. The Bertz CT molecular complexity index is 473. The van der Waals surface area contributed by atoms with Crippen LogP contribution in [0.15, 0.2) is 22.8 Å². The Morgan fingerprint density at radius 1 is 1.45 bits per heavy atom. The minimum absolute atomic E-state index is 0.167. The van der Waals surface area contributed by atoms with Crippen molar-refractivity contribution in [3.63, 3.8) is 0 Å². The van der Waals surface area contributed by atoms with Gasteiger partial charge in [-0.2, -0.15) is 0 Å². The number of hydrogen-bond donors (Lipinski definition) is 2. The Labute approximate surface area is 132 Å². The molecule has 0 radical (unpaired) electrons. The lowest BCUT2D eigenvalue weighted by molar-refractivity contribution is 0.0379. The van der Waals surface area contributed by atoms with Crippen molar-refractivity contribution in [2.45, 2.75) is 70.6 Å². The highest BCUT2D eigenvalue weighted by Crippen LogP contribution is 2.31. The van der Waals surface area contributed by atoms with Crippen LogP contribution >= 0.6 is 0 Å². The van der Waals surface area contributed by atoms with Gasteiger partial charge in [0.1, 0.15) is 11.4 Å². The lowest BCUT2D eigenvalue weighted by Crippen LogP contribution is -2.60. The molecule has 0 saturated heterocycles. The number of carbonyl (C=O) groups excluding carboxylic acids is 1. The van der Waals surface area contributed by atoms with Gasteiger partial charge < -0.3 is 19.8 Å². The maximum atomic E-state index is 12.0. The van der Waals surface area contributed by atoms with Crippen molar-refractivity contribution >= 4 is 6.09 Å². The van der Waals surface area contributed by atoms with Crippen LogP contribution in [-0.4, -0.2) is 29.8 Å². The summed E-state index contributed by atoms with van der Waals surface area (Å²) in [4.78, 5) is 12.0. The highest BCUT2D eigenvalue weighted by molar-refractivity contribution is 5.69. The second-order valence-electron chi connectivity index (χ2n) is 7.33. The minimum Gasteiger partial charge on any atom is -0.469 e. The molecule has 0 aromatic carbocycles. The van der Waals surface area contributed by atoms with Gasteiger partial charge >= 0.3 is 6.09 Å². The van der Waals surface area contributed by atoms with Crippen LogP contribution in [0, 0.1) is 0 Å². The maximum Gasteiger partial charge on any atom is 0.408 e. The van der Waals surface area contributed by atoms with Crippen molar-refractivity contribution in [3.8, 4) is 0 Å². The number of alkyl carbamates (subject to hydrolysis) is 1. The van der Waals surface area contributed by atoms with E-state index in [4.69, 9.17) is 9.15 Å². The molecule has 2 rings (SSSR count). The van der Waals surface area contributed by atoms with Crippen molar-refractivity contribution in [3.05, 3.63) is 24.2 Å². The SMILES string of the molecule is CC(Cc1ccco1)NCC1(NC(=O)OC(C)(C)C)CCC1. The highest BCUT2D eigenvalue weighted by Gasteiger charge is 2.39. The molecule has 5 heteroatoms. The van der Waals surface area contributed by atoms with Crippen LogP contribution in [0.25, 0.3) is 0 Å². The summed E-state index contributed by atoms with van der Waals surface area (Å²) in [5, 5.41) is 6.56. The van der Waals surface area contributed by atoms with Crippen LogP contribution in [-0.2, 0) is 11.2 Å². The molecule has 1 aliphatic carbocycles. The fourth-order valence-corrected chi connectivity index (χ4v) is 2.64.